The second-order valence-corrected chi connectivity index (χ2v) is 7.76. The normalized spacial score (nSPS) is 17.7. The number of hydrogen-bond acceptors (Lipinski definition) is 4. The summed E-state index contributed by atoms with van der Waals surface area (Å²) in [6, 6.07) is 8.55. The Morgan fingerprint density at radius 3 is 2.95 bits per heavy atom. The number of rotatable bonds is 5. The summed E-state index contributed by atoms with van der Waals surface area (Å²) in [5.74, 6) is 0.943. The molecule has 1 aliphatic carbocycles. The molecular formula is C16H19ClN2S2. The quantitative estimate of drug-likeness (QED) is 0.770. The maximum absolute atomic E-state index is 5.92. The molecule has 5 heteroatoms. The maximum atomic E-state index is 5.92. The Hall–Kier alpha value is -0.550. The van der Waals surface area contributed by atoms with E-state index >= 15 is 0 Å². The van der Waals surface area contributed by atoms with Gasteiger partial charge < -0.3 is 5.32 Å². The van der Waals surface area contributed by atoms with Crippen LogP contribution in [0.3, 0.4) is 0 Å². The molecule has 1 heterocycles. The summed E-state index contributed by atoms with van der Waals surface area (Å²) in [6.07, 6.45) is 3.63. The van der Waals surface area contributed by atoms with Crippen molar-refractivity contribution in [2.24, 2.45) is 0 Å². The van der Waals surface area contributed by atoms with E-state index in [1.54, 1.807) is 0 Å². The van der Waals surface area contributed by atoms with E-state index in [2.05, 4.69) is 24.4 Å². The van der Waals surface area contributed by atoms with E-state index in [9.17, 15) is 0 Å². The summed E-state index contributed by atoms with van der Waals surface area (Å²) in [5.41, 5.74) is 1.32. The number of nitrogens with one attached hydrogen (secondary N) is 1. The number of thiazole rings is 1. The molecule has 21 heavy (non-hydrogen) atoms. The third kappa shape index (κ3) is 3.81. The Morgan fingerprint density at radius 1 is 1.38 bits per heavy atom. The van der Waals surface area contributed by atoms with E-state index in [4.69, 9.17) is 16.6 Å². The minimum atomic E-state index is 0.519. The van der Waals surface area contributed by atoms with Crippen molar-refractivity contribution in [2.75, 3.05) is 6.54 Å². The van der Waals surface area contributed by atoms with Gasteiger partial charge in [-0.05, 0) is 50.1 Å². The summed E-state index contributed by atoms with van der Waals surface area (Å²) in [7, 11) is 0. The van der Waals surface area contributed by atoms with Crippen molar-refractivity contribution in [3.63, 3.8) is 0 Å². The molecule has 0 radical (unpaired) electrons. The Morgan fingerprint density at radius 2 is 2.19 bits per heavy atom. The first-order valence-corrected chi connectivity index (χ1v) is 9.54. The molecule has 0 amide bonds. The van der Waals surface area contributed by atoms with E-state index in [1.165, 1.54) is 33.3 Å². The lowest BCUT2D eigenvalue weighted by Crippen LogP contribution is -2.23. The van der Waals surface area contributed by atoms with Crippen LogP contribution in [0.15, 0.2) is 29.2 Å². The van der Waals surface area contributed by atoms with Crippen LogP contribution in [0.25, 0.3) is 0 Å². The first-order chi connectivity index (χ1) is 10.3. The zero-order valence-electron chi connectivity index (χ0n) is 12.1. The van der Waals surface area contributed by atoms with Crippen molar-refractivity contribution in [3.05, 3.63) is 44.9 Å². The lowest BCUT2D eigenvalue weighted by Gasteiger charge is -2.21. The molecule has 1 N–H and O–H groups in total. The van der Waals surface area contributed by atoms with Crippen molar-refractivity contribution in [1.82, 2.24) is 10.3 Å². The summed E-state index contributed by atoms with van der Waals surface area (Å²) in [5, 5.41) is 5.61. The van der Waals surface area contributed by atoms with E-state index in [0.29, 0.717) is 6.04 Å². The van der Waals surface area contributed by atoms with Gasteiger partial charge in [-0.15, -0.1) is 23.1 Å². The van der Waals surface area contributed by atoms with Crippen molar-refractivity contribution in [3.8, 4) is 0 Å². The van der Waals surface area contributed by atoms with E-state index in [0.717, 1.165) is 23.7 Å². The molecule has 0 saturated carbocycles. The number of aromatic nitrogens is 1. The molecule has 1 unspecified atom stereocenters. The lowest BCUT2D eigenvalue weighted by atomic mass is 9.98. The van der Waals surface area contributed by atoms with E-state index in [1.807, 2.05) is 35.2 Å². The summed E-state index contributed by atoms with van der Waals surface area (Å²) in [6.45, 7) is 3.20. The fourth-order valence-corrected chi connectivity index (χ4v) is 4.89. The van der Waals surface area contributed by atoms with Crippen molar-refractivity contribution in [2.45, 2.75) is 42.9 Å². The predicted molar refractivity (Wildman–Crippen MR) is 92.5 cm³/mol. The Bertz CT molecular complexity index is 595. The van der Waals surface area contributed by atoms with Crippen LogP contribution in [-0.2, 0) is 12.2 Å². The molecule has 1 aromatic heterocycles. The molecule has 0 bridgehead atoms. The summed E-state index contributed by atoms with van der Waals surface area (Å²) < 4.78 is 0. The van der Waals surface area contributed by atoms with Crippen LogP contribution in [0, 0.1) is 0 Å². The molecule has 112 valence electrons. The Labute approximate surface area is 139 Å². The maximum Gasteiger partial charge on any atom is 0.103 e. The number of nitrogens with zero attached hydrogens (tertiary/aromatic N) is 1. The second kappa shape index (κ2) is 7.14. The molecule has 3 rings (SSSR count). The highest BCUT2D eigenvalue weighted by Crippen LogP contribution is 2.36. The van der Waals surface area contributed by atoms with Gasteiger partial charge >= 0.3 is 0 Å². The van der Waals surface area contributed by atoms with Gasteiger partial charge in [0.2, 0.25) is 0 Å². The standard InChI is InChI=1S/C16H19ClN2S2/c1-2-18-13-4-3-5-14-16(13)21-15(19-14)10-20-12-8-6-11(17)7-9-12/h6-9,13,18H,2-5,10H2,1H3. The van der Waals surface area contributed by atoms with Gasteiger partial charge in [0.25, 0.3) is 0 Å². The zero-order valence-corrected chi connectivity index (χ0v) is 14.5. The monoisotopic (exact) mass is 338 g/mol. The second-order valence-electron chi connectivity index (χ2n) is 5.16. The SMILES string of the molecule is CCNC1CCCc2nc(CSc3ccc(Cl)cc3)sc21. The number of halogens is 1. The molecule has 2 aromatic rings. The van der Waals surface area contributed by atoms with Crippen LogP contribution in [0.5, 0.6) is 0 Å². The third-order valence-electron chi connectivity index (χ3n) is 3.62. The van der Waals surface area contributed by atoms with Gasteiger partial charge in [-0.3, -0.25) is 0 Å². The zero-order chi connectivity index (χ0) is 14.7. The van der Waals surface area contributed by atoms with Crippen LogP contribution < -0.4 is 5.32 Å². The molecule has 1 aromatic carbocycles. The number of benzene rings is 1. The molecule has 1 atom stereocenters. The van der Waals surface area contributed by atoms with Gasteiger partial charge in [0, 0.05) is 20.8 Å². The molecule has 0 aliphatic heterocycles. The first kappa shape index (κ1) is 15.3. The number of fused-ring (bicyclic) bond motifs is 1. The topological polar surface area (TPSA) is 24.9 Å². The smallest absolute Gasteiger partial charge is 0.103 e. The Balaban J connectivity index is 1.68. The van der Waals surface area contributed by atoms with E-state index < -0.39 is 0 Å². The van der Waals surface area contributed by atoms with Crippen molar-refractivity contribution < 1.29 is 0 Å². The lowest BCUT2D eigenvalue weighted by molar-refractivity contribution is 0.476. The Kier molecular flexibility index (Phi) is 5.22. The minimum absolute atomic E-state index is 0.519. The highest BCUT2D eigenvalue weighted by atomic mass is 35.5. The van der Waals surface area contributed by atoms with Gasteiger partial charge in [0.1, 0.15) is 5.01 Å². The van der Waals surface area contributed by atoms with Crippen molar-refractivity contribution >= 4 is 34.7 Å². The fraction of sp³-hybridized carbons (Fsp3) is 0.438. The predicted octanol–water partition coefficient (Wildman–Crippen LogP) is 5.08. The van der Waals surface area contributed by atoms with Gasteiger partial charge in [0.15, 0.2) is 0 Å². The van der Waals surface area contributed by atoms with Gasteiger partial charge in [-0.25, -0.2) is 4.98 Å². The van der Waals surface area contributed by atoms with Crippen LogP contribution >= 0.6 is 34.7 Å². The molecule has 0 fully saturated rings. The van der Waals surface area contributed by atoms with Gasteiger partial charge in [0.05, 0.1) is 11.4 Å². The van der Waals surface area contributed by atoms with E-state index in [-0.39, 0.29) is 0 Å². The number of thioether (sulfide) groups is 1. The fourth-order valence-electron chi connectivity index (χ4n) is 2.65. The summed E-state index contributed by atoms with van der Waals surface area (Å²) >= 11 is 9.63. The highest BCUT2D eigenvalue weighted by Gasteiger charge is 2.23. The van der Waals surface area contributed by atoms with Gasteiger partial charge in [-0.2, -0.15) is 0 Å². The third-order valence-corrected chi connectivity index (χ3v) is 6.29. The average Bonchev–Trinajstić information content (AvgIpc) is 2.91. The van der Waals surface area contributed by atoms with Crippen molar-refractivity contribution in [1.29, 1.82) is 0 Å². The molecule has 1 aliphatic rings. The largest absolute Gasteiger partial charge is 0.309 e. The highest BCUT2D eigenvalue weighted by molar-refractivity contribution is 7.98. The molecule has 0 spiro atoms. The molecule has 0 saturated heterocycles. The summed E-state index contributed by atoms with van der Waals surface area (Å²) in [4.78, 5) is 7.56. The minimum Gasteiger partial charge on any atom is -0.309 e. The van der Waals surface area contributed by atoms with Crippen LogP contribution in [-0.4, -0.2) is 11.5 Å². The number of aryl methyl sites for hydroxylation is 1. The average molecular weight is 339 g/mol. The molecule has 2 nitrogen and oxygen atoms in total. The van der Waals surface area contributed by atoms with Crippen LogP contribution in [0.1, 0.15) is 41.4 Å². The molecular weight excluding hydrogens is 320 g/mol. The van der Waals surface area contributed by atoms with Gasteiger partial charge in [-0.1, -0.05) is 18.5 Å². The van der Waals surface area contributed by atoms with Crippen LogP contribution in [0.4, 0.5) is 0 Å². The number of hydrogen-bond donors (Lipinski definition) is 1. The first-order valence-electron chi connectivity index (χ1n) is 7.36. The van der Waals surface area contributed by atoms with Crippen LogP contribution in [0.2, 0.25) is 5.02 Å².